The fourth-order valence-electron chi connectivity index (χ4n) is 4.39. The molecule has 2 N–H and O–H groups in total. The fourth-order valence-corrected chi connectivity index (χ4v) is 4.39. The molecule has 1 aliphatic carbocycles. The first-order valence-corrected chi connectivity index (χ1v) is 12.5. The number of rotatable bonds is 10. The van der Waals surface area contributed by atoms with Crippen LogP contribution in [-0.4, -0.2) is 58.4 Å². The number of carboxylic acid groups (broad SMARTS) is 1. The maximum Gasteiger partial charge on any atom is 0.335 e. The van der Waals surface area contributed by atoms with Gasteiger partial charge in [0.25, 0.3) is 11.8 Å². The Morgan fingerprint density at radius 3 is 2.21 bits per heavy atom. The van der Waals surface area contributed by atoms with Crippen molar-refractivity contribution < 1.29 is 33.8 Å². The van der Waals surface area contributed by atoms with Crippen LogP contribution in [0.15, 0.2) is 66.7 Å². The van der Waals surface area contributed by atoms with E-state index < -0.39 is 5.97 Å². The Bertz CT molecular complexity index is 1420. The Kier molecular flexibility index (Phi) is 7.18. The summed E-state index contributed by atoms with van der Waals surface area (Å²) < 4.78 is 11.1. The topological polar surface area (TPSA) is 125 Å². The van der Waals surface area contributed by atoms with Crippen LogP contribution in [0.3, 0.4) is 0 Å². The minimum absolute atomic E-state index is 0.0261. The molecular weight excluding hydrogens is 502 g/mol. The van der Waals surface area contributed by atoms with E-state index >= 15 is 0 Å². The molecule has 0 unspecified atom stereocenters. The van der Waals surface area contributed by atoms with Crippen molar-refractivity contribution in [2.45, 2.75) is 32.0 Å². The fraction of sp³-hybridized carbons (Fsp3) is 0.241. The first-order chi connectivity index (χ1) is 18.8. The van der Waals surface area contributed by atoms with E-state index in [1.165, 1.54) is 29.0 Å². The van der Waals surface area contributed by atoms with Gasteiger partial charge in [-0.15, -0.1) is 0 Å². The average Bonchev–Trinajstić information content (AvgIpc) is 3.73. The molecule has 200 valence electrons. The number of hydrogen-bond donors (Lipinski definition) is 2. The third kappa shape index (κ3) is 5.85. The summed E-state index contributed by atoms with van der Waals surface area (Å²) in [7, 11) is 1.48. The zero-order valence-corrected chi connectivity index (χ0v) is 21.3. The molecule has 3 aromatic carbocycles. The Hall–Kier alpha value is -4.86. The molecule has 2 aliphatic rings. The van der Waals surface area contributed by atoms with Gasteiger partial charge in [-0.05, 0) is 72.5 Å². The second kappa shape index (κ2) is 10.9. The van der Waals surface area contributed by atoms with Crippen LogP contribution >= 0.6 is 0 Å². The van der Waals surface area contributed by atoms with Crippen molar-refractivity contribution in [3.8, 4) is 17.2 Å². The third-order valence-corrected chi connectivity index (χ3v) is 6.58. The quantitative estimate of drug-likeness (QED) is 0.380. The monoisotopic (exact) mass is 529 g/mol. The second-order valence-corrected chi connectivity index (χ2v) is 9.43. The Balaban J connectivity index is 1.19. The number of ether oxygens (including phenoxy) is 2. The van der Waals surface area contributed by atoms with E-state index in [-0.39, 0.29) is 49.1 Å². The molecule has 1 aliphatic heterocycles. The molecule has 1 saturated heterocycles. The van der Waals surface area contributed by atoms with Crippen molar-refractivity contribution in [1.82, 2.24) is 15.1 Å². The standard InChI is InChI=1S/C29H27N3O7/c1-38-25-13-4-19(16-31-17-26(33)32(29(31)37)21-7-8-21)14-24(25)27(34)30-15-18-2-9-22(10-3-18)39-23-11-5-20(6-12-23)28(35)36/h2-6,9-14,21H,7-8,15-17H2,1H3,(H,30,34)(H,35,36). The number of hydrogen-bond acceptors (Lipinski definition) is 6. The number of benzene rings is 3. The minimum Gasteiger partial charge on any atom is -0.496 e. The highest BCUT2D eigenvalue weighted by molar-refractivity contribution is 6.02. The van der Waals surface area contributed by atoms with Crippen LogP contribution < -0.4 is 14.8 Å². The summed E-state index contributed by atoms with van der Waals surface area (Å²) in [5.41, 5.74) is 2.07. The third-order valence-electron chi connectivity index (χ3n) is 6.58. The van der Waals surface area contributed by atoms with Gasteiger partial charge in [-0.25, -0.2) is 9.59 Å². The van der Waals surface area contributed by atoms with Crippen molar-refractivity contribution in [3.05, 3.63) is 89.0 Å². The van der Waals surface area contributed by atoms with Crippen LogP contribution in [0.2, 0.25) is 0 Å². The van der Waals surface area contributed by atoms with Gasteiger partial charge in [-0.1, -0.05) is 18.2 Å². The summed E-state index contributed by atoms with van der Waals surface area (Å²) in [6, 6.07) is 18.1. The molecule has 2 fully saturated rings. The number of nitrogens with one attached hydrogen (secondary N) is 1. The van der Waals surface area contributed by atoms with Crippen LogP contribution in [0.4, 0.5) is 4.79 Å². The van der Waals surface area contributed by atoms with Crippen LogP contribution in [0.25, 0.3) is 0 Å². The highest BCUT2D eigenvalue weighted by Crippen LogP contribution is 2.31. The van der Waals surface area contributed by atoms with Crippen molar-refractivity contribution in [1.29, 1.82) is 0 Å². The Morgan fingerprint density at radius 1 is 0.949 bits per heavy atom. The number of nitrogens with zero attached hydrogens (tertiary/aromatic N) is 2. The molecule has 10 nitrogen and oxygen atoms in total. The molecule has 10 heteroatoms. The van der Waals surface area contributed by atoms with Gasteiger partial charge < -0.3 is 24.8 Å². The first kappa shape index (κ1) is 25.8. The first-order valence-electron chi connectivity index (χ1n) is 12.5. The number of methoxy groups -OCH3 is 1. The van der Waals surface area contributed by atoms with E-state index in [2.05, 4.69) is 5.32 Å². The highest BCUT2D eigenvalue weighted by atomic mass is 16.5. The molecule has 0 spiro atoms. The molecule has 1 heterocycles. The summed E-state index contributed by atoms with van der Waals surface area (Å²) in [4.78, 5) is 51.8. The molecule has 5 rings (SSSR count). The number of aromatic carboxylic acids is 1. The number of imide groups is 1. The average molecular weight is 530 g/mol. The Morgan fingerprint density at radius 2 is 1.59 bits per heavy atom. The van der Waals surface area contributed by atoms with Crippen LogP contribution in [0.5, 0.6) is 17.2 Å². The molecule has 3 aromatic rings. The van der Waals surface area contributed by atoms with Crippen LogP contribution in [-0.2, 0) is 17.9 Å². The molecule has 39 heavy (non-hydrogen) atoms. The largest absolute Gasteiger partial charge is 0.496 e. The van der Waals surface area contributed by atoms with E-state index in [1.807, 2.05) is 12.1 Å². The van der Waals surface area contributed by atoms with Gasteiger partial charge >= 0.3 is 12.0 Å². The van der Waals surface area contributed by atoms with Gasteiger partial charge in [-0.3, -0.25) is 14.5 Å². The van der Waals surface area contributed by atoms with Crippen molar-refractivity contribution in [3.63, 3.8) is 0 Å². The molecule has 0 radical (unpaired) electrons. The van der Waals surface area contributed by atoms with E-state index in [0.29, 0.717) is 22.8 Å². The maximum atomic E-state index is 13.0. The van der Waals surface area contributed by atoms with Crippen LogP contribution in [0.1, 0.15) is 44.7 Å². The molecule has 0 atom stereocenters. The van der Waals surface area contributed by atoms with Gasteiger partial charge in [0, 0.05) is 19.1 Å². The predicted molar refractivity (Wildman–Crippen MR) is 140 cm³/mol. The lowest BCUT2D eigenvalue weighted by Gasteiger charge is -2.18. The lowest BCUT2D eigenvalue weighted by Crippen LogP contribution is -2.34. The van der Waals surface area contributed by atoms with Crippen molar-refractivity contribution >= 4 is 23.8 Å². The van der Waals surface area contributed by atoms with E-state index in [0.717, 1.165) is 24.0 Å². The molecular formula is C29H27N3O7. The van der Waals surface area contributed by atoms with Gasteiger partial charge in [-0.2, -0.15) is 0 Å². The summed E-state index contributed by atoms with van der Waals surface area (Å²) >= 11 is 0. The van der Waals surface area contributed by atoms with Crippen molar-refractivity contribution in [2.24, 2.45) is 0 Å². The maximum absolute atomic E-state index is 13.0. The van der Waals surface area contributed by atoms with Crippen molar-refractivity contribution in [2.75, 3.05) is 13.7 Å². The molecule has 0 aromatic heterocycles. The summed E-state index contributed by atoms with van der Waals surface area (Å²) in [5.74, 6) is -0.0449. The smallest absolute Gasteiger partial charge is 0.335 e. The van der Waals surface area contributed by atoms with Crippen LogP contribution in [0, 0.1) is 0 Å². The van der Waals surface area contributed by atoms with Gasteiger partial charge in [0.15, 0.2) is 0 Å². The zero-order valence-electron chi connectivity index (χ0n) is 21.3. The lowest BCUT2D eigenvalue weighted by atomic mass is 10.1. The normalized spacial score (nSPS) is 14.9. The number of urea groups is 1. The van der Waals surface area contributed by atoms with E-state index in [9.17, 15) is 19.2 Å². The summed E-state index contributed by atoms with van der Waals surface area (Å²) in [6.07, 6.45) is 1.71. The molecule has 1 saturated carbocycles. The number of carbonyl (C=O) groups excluding carboxylic acids is 3. The Labute approximate surface area is 224 Å². The second-order valence-electron chi connectivity index (χ2n) is 9.43. The lowest BCUT2D eigenvalue weighted by molar-refractivity contribution is -0.125. The minimum atomic E-state index is -1.00. The van der Waals surface area contributed by atoms with E-state index in [1.54, 1.807) is 42.5 Å². The highest BCUT2D eigenvalue weighted by Gasteiger charge is 2.44. The van der Waals surface area contributed by atoms with Gasteiger partial charge in [0.2, 0.25) is 0 Å². The van der Waals surface area contributed by atoms with Gasteiger partial charge in [0.1, 0.15) is 23.8 Å². The summed E-state index contributed by atoms with van der Waals surface area (Å²) in [6.45, 7) is 0.518. The summed E-state index contributed by atoms with van der Waals surface area (Å²) in [5, 5.41) is 11.9. The SMILES string of the molecule is COc1ccc(CN2CC(=O)N(C3CC3)C2=O)cc1C(=O)NCc1ccc(Oc2ccc(C(=O)O)cc2)cc1. The predicted octanol–water partition coefficient (Wildman–Crippen LogP) is 4.04. The number of carboxylic acids is 1. The molecule has 4 amide bonds. The van der Waals surface area contributed by atoms with Gasteiger partial charge in [0.05, 0.1) is 18.2 Å². The number of amides is 4. The molecule has 0 bridgehead atoms. The zero-order chi connectivity index (χ0) is 27.5. The number of carbonyl (C=O) groups is 4. The van der Waals surface area contributed by atoms with E-state index in [4.69, 9.17) is 14.6 Å².